The maximum Gasteiger partial charge on any atom is 0.673 e. The zero-order valence-corrected chi connectivity index (χ0v) is 7.49. The fourth-order valence-electron chi connectivity index (χ4n) is 0. The van der Waals surface area contributed by atoms with E-state index >= 15 is 0 Å². The van der Waals surface area contributed by atoms with Crippen molar-refractivity contribution in [1.29, 1.82) is 0 Å². The molecule has 1 unspecified atom stereocenters. The van der Waals surface area contributed by atoms with E-state index in [0.717, 1.165) is 5.92 Å². The van der Waals surface area contributed by atoms with E-state index in [1.807, 2.05) is 9.24 Å². The Hall–Kier alpha value is 0.215. The summed E-state index contributed by atoms with van der Waals surface area (Å²) in [5.74, 6) is 0.897. The van der Waals surface area contributed by atoms with Crippen LogP contribution in [-0.2, 0) is 0 Å². The summed E-state index contributed by atoms with van der Waals surface area (Å²) in [6, 6.07) is 0. The average Bonchev–Trinajstić information content (AvgIpc) is 1.61. The first-order chi connectivity index (χ1) is 4.27. The first-order valence-electron chi connectivity index (χ1n) is 2.94. The Labute approximate surface area is 60.7 Å². The fourth-order valence-corrected chi connectivity index (χ4v) is 0. The van der Waals surface area contributed by atoms with Gasteiger partial charge in [-0.15, -0.1) is 0 Å². The molecule has 0 amide bonds. The molecule has 0 N–H and O–H groups in total. The van der Waals surface area contributed by atoms with E-state index in [4.69, 9.17) is 0 Å². The monoisotopic (exact) mass is 178 g/mol. The van der Waals surface area contributed by atoms with Gasteiger partial charge in [0, 0.05) is 0 Å². The molecule has 0 heterocycles. The summed E-state index contributed by atoms with van der Waals surface area (Å²) >= 11 is 0. The minimum Gasteiger partial charge on any atom is -0.418 e. The molecule has 64 valence electrons. The summed E-state index contributed by atoms with van der Waals surface area (Å²) in [6.45, 7) is 4.46. The van der Waals surface area contributed by atoms with Crippen molar-refractivity contribution in [3.63, 3.8) is 0 Å². The third kappa shape index (κ3) is 87.2. The molecule has 0 aromatic carbocycles. The molecule has 0 saturated heterocycles. The molecule has 0 rings (SSSR count). The maximum atomic E-state index is 9.75. The summed E-state index contributed by atoms with van der Waals surface area (Å²) in [5, 5.41) is 0. The largest absolute Gasteiger partial charge is 0.673 e. The molecule has 0 aromatic rings. The van der Waals surface area contributed by atoms with E-state index in [1.165, 1.54) is 6.16 Å². The van der Waals surface area contributed by atoms with Gasteiger partial charge in [-0.25, -0.2) is 0 Å². The van der Waals surface area contributed by atoms with Gasteiger partial charge >= 0.3 is 7.25 Å². The van der Waals surface area contributed by atoms with E-state index in [1.54, 1.807) is 0 Å². The van der Waals surface area contributed by atoms with Gasteiger partial charge in [-0.1, -0.05) is 13.8 Å². The molecule has 0 spiro atoms. The summed E-state index contributed by atoms with van der Waals surface area (Å²) in [7, 11) is -3.97. The molecular formula is C4H12BF4P. The second-order valence-corrected chi connectivity index (χ2v) is 2.75. The van der Waals surface area contributed by atoms with Crippen LogP contribution >= 0.6 is 9.24 Å². The summed E-state index contributed by atoms with van der Waals surface area (Å²) in [6.07, 6.45) is 1.33. The number of hydrogen-bond donors (Lipinski definition) is 0. The summed E-state index contributed by atoms with van der Waals surface area (Å²) in [4.78, 5) is 0. The maximum absolute atomic E-state index is 9.75. The first-order valence-corrected chi connectivity index (χ1v) is 3.94. The SMILES string of the molecule is CC(C)C[PH3+].F[B-](F)(F)F. The quantitative estimate of drug-likeness (QED) is 0.328. The van der Waals surface area contributed by atoms with Crippen LogP contribution in [0.5, 0.6) is 0 Å². The van der Waals surface area contributed by atoms with Gasteiger partial charge in [-0.2, -0.15) is 0 Å². The van der Waals surface area contributed by atoms with E-state index in [-0.39, 0.29) is 0 Å². The third-order valence-electron chi connectivity index (χ3n) is 0.577. The Morgan fingerprint density at radius 1 is 1.20 bits per heavy atom. The molecule has 0 aromatic heterocycles. The zero-order valence-electron chi connectivity index (χ0n) is 6.08. The van der Waals surface area contributed by atoms with Crippen molar-refractivity contribution >= 4 is 16.5 Å². The number of halogens is 4. The van der Waals surface area contributed by atoms with Gasteiger partial charge in [0.1, 0.15) is 0 Å². The van der Waals surface area contributed by atoms with Crippen LogP contribution in [0.1, 0.15) is 13.8 Å². The Balaban J connectivity index is 0. The van der Waals surface area contributed by atoms with E-state index in [9.17, 15) is 17.3 Å². The van der Waals surface area contributed by atoms with Crippen LogP contribution < -0.4 is 0 Å². The van der Waals surface area contributed by atoms with Crippen LogP contribution in [0, 0.1) is 5.92 Å². The molecule has 0 saturated carbocycles. The minimum atomic E-state index is -6.00. The van der Waals surface area contributed by atoms with E-state index < -0.39 is 7.25 Å². The summed E-state index contributed by atoms with van der Waals surface area (Å²) in [5.41, 5.74) is 0. The average molecular weight is 178 g/mol. The van der Waals surface area contributed by atoms with Gasteiger partial charge in [-0.3, -0.25) is 0 Å². The highest BCUT2D eigenvalue weighted by molar-refractivity contribution is 7.16. The molecule has 0 fully saturated rings. The van der Waals surface area contributed by atoms with Crippen LogP contribution in [0.3, 0.4) is 0 Å². The third-order valence-corrected chi connectivity index (χ3v) is 1.73. The van der Waals surface area contributed by atoms with Crippen LogP contribution in [-0.4, -0.2) is 13.4 Å². The standard InChI is InChI=1S/C4H11P.BF4/c1-4(2)3-5;2-1(3,4)5/h4H,3,5H2,1-2H3;/q;-1/p+1. The molecule has 0 aliphatic carbocycles. The Kier molecular flexibility index (Phi) is 7.66. The molecule has 0 aliphatic heterocycles. The second kappa shape index (κ2) is 5.96. The van der Waals surface area contributed by atoms with Gasteiger partial charge in [0.15, 0.2) is 0 Å². The van der Waals surface area contributed by atoms with E-state index in [2.05, 4.69) is 13.8 Å². The lowest BCUT2D eigenvalue weighted by Gasteiger charge is -1.94. The van der Waals surface area contributed by atoms with Gasteiger partial charge in [0.05, 0.1) is 6.16 Å². The zero-order chi connectivity index (χ0) is 8.78. The van der Waals surface area contributed by atoms with Gasteiger partial charge < -0.3 is 17.3 Å². The number of hydrogen-bond acceptors (Lipinski definition) is 0. The van der Waals surface area contributed by atoms with Crippen LogP contribution in [0.4, 0.5) is 17.3 Å². The lowest BCUT2D eigenvalue weighted by Crippen LogP contribution is -2.02. The highest BCUT2D eigenvalue weighted by Gasteiger charge is 2.20. The van der Waals surface area contributed by atoms with Crippen molar-refractivity contribution in [2.45, 2.75) is 13.8 Å². The van der Waals surface area contributed by atoms with Crippen molar-refractivity contribution in [1.82, 2.24) is 0 Å². The van der Waals surface area contributed by atoms with Crippen LogP contribution in [0.15, 0.2) is 0 Å². The molecule has 10 heavy (non-hydrogen) atoms. The summed E-state index contributed by atoms with van der Waals surface area (Å²) < 4.78 is 39.0. The first kappa shape index (κ1) is 12.9. The molecular weight excluding hydrogens is 166 g/mol. The van der Waals surface area contributed by atoms with E-state index in [0.29, 0.717) is 0 Å². The smallest absolute Gasteiger partial charge is 0.418 e. The molecule has 0 radical (unpaired) electrons. The Morgan fingerprint density at radius 3 is 1.30 bits per heavy atom. The van der Waals surface area contributed by atoms with Crippen molar-refractivity contribution < 1.29 is 17.3 Å². The van der Waals surface area contributed by atoms with Crippen molar-refractivity contribution in [3.8, 4) is 0 Å². The van der Waals surface area contributed by atoms with Crippen molar-refractivity contribution in [2.75, 3.05) is 6.16 Å². The van der Waals surface area contributed by atoms with Gasteiger partial charge in [0.2, 0.25) is 0 Å². The predicted molar refractivity (Wildman–Crippen MR) is 41.0 cm³/mol. The Bertz CT molecular complexity index is 66.1. The number of rotatable bonds is 1. The van der Waals surface area contributed by atoms with Crippen LogP contribution in [0.2, 0.25) is 0 Å². The minimum absolute atomic E-state index is 0.897. The van der Waals surface area contributed by atoms with Crippen molar-refractivity contribution in [3.05, 3.63) is 0 Å². The van der Waals surface area contributed by atoms with Crippen molar-refractivity contribution in [2.24, 2.45) is 5.92 Å². The van der Waals surface area contributed by atoms with Crippen LogP contribution in [0.25, 0.3) is 0 Å². The lowest BCUT2D eigenvalue weighted by atomic mass is 10.3. The molecule has 0 bridgehead atoms. The molecule has 0 nitrogen and oxygen atoms in total. The molecule has 1 atom stereocenters. The van der Waals surface area contributed by atoms with Gasteiger partial charge in [0.25, 0.3) is 0 Å². The lowest BCUT2D eigenvalue weighted by molar-refractivity contribution is 0.368. The van der Waals surface area contributed by atoms with Gasteiger partial charge in [-0.05, 0) is 15.2 Å². The Morgan fingerprint density at radius 2 is 1.30 bits per heavy atom. The topological polar surface area (TPSA) is 0 Å². The normalized spacial score (nSPS) is 11.1. The molecule has 0 aliphatic rings. The highest BCUT2D eigenvalue weighted by Crippen LogP contribution is 2.06. The second-order valence-electron chi connectivity index (χ2n) is 2.18. The fraction of sp³-hybridized carbons (Fsp3) is 1.00. The predicted octanol–water partition coefficient (Wildman–Crippen LogP) is 2.55. The highest BCUT2D eigenvalue weighted by atomic mass is 31.0. The molecule has 6 heteroatoms.